The molecular weight excluding hydrogens is 392 g/mol. The first-order valence-corrected chi connectivity index (χ1v) is 11.5. The number of hydrogen-bond donors (Lipinski definition) is 1. The summed E-state index contributed by atoms with van der Waals surface area (Å²) in [6.45, 7) is 7.55. The van der Waals surface area contributed by atoms with Gasteiger partial charge in [0, 0.05) is 37.2 Å². The lowest BCUT2D eigenvalue weighted by atomic mass is 9.98. The first-order chi connectivity index (χ1) is 14.5. The van der Waals surface area contributed by atoms with E-state index < -0.39 is 5.66 Å². The zero-order valence-electron chi connectivity index (χ0n) is 17.8. The summed E-state index contributed by atoms with van der Waals surface area (Å²) < 4.78 is 0. The van der Waals surface area contributed by atoms with Crippen molar-refractivity contribution in [3.05, 3.63) is 65.2 Å². The zero-order valence-corrected chi connectivity index (χ0v) is 18.6. The van der Waals surface area contributed by atoms with Crippen molar-refractivity contribution in [2.45, 2.75) is 39.3 Å². The van der Waals surface area contributed by atoms with Crippen LogP contribution in [0, 0.1) is 13.8 Å². The van der Waals surface area contributed by atoms with Gasteiger partial charge in [-0.05, 0) is 37.3 Å². The minimum Gasteiger partial charge on any atom is -0.324 e. The molecule has 5 nitrogen and oxygen atoms in total. The predicted octanol–water partition coefficient (Wildman–Crippen LogP) is 5.28. The van der Waals surface area contributed by atoms with Crippen LogP contribution in [0.15, 0.2) is 58.5 Å². The van der Waals surface area contributed by atoms with Crippen LogP contribution in [0.25, 0.3) is 0 Å². The van der Waals surface area contributed by atoms with Crippen LogP contribution in [0.3, 0.4) is 0 Å². The van der Waals surface area contributed by atoms with Crippen molar-refractivity contribution in [1.29, 1.82) is 0 Å². The predicted molar refractivity (Wildman–Crippen MR) is 127 cm³/mol. The number of carbonyl (C=O) groups excluding carboxylic acids is 1. The number of benzene rings is 2. The second-order valence-corrected chi connectivity index (χ2v) is 9.20. The van der Waals surface area contributed by atoms with Gasteiger partial charge < -0.3 is 10.2 Å². The molecule has 156 valence electrons. The summed E-state index contributed by atoms with van der Waals surface area (Å²) in [5, 5.41) is 4.04. The van der Waals surface area contributed by atoms with Gasteiger partial charge in [0.1, 0.15) is 5.04 Å². The highest BCUT2D eigenvalue weighted by molar-refractivity contribution is 8.15. The van der Waals surface area contributed by atoms with Crippen molar-refractivity contribution in [3.8, 4) is 0 Å². The number of carbonyl (C=O) groups is 1. The largest absolute Gasteiger partial charge is 0.324 e. The van der Waals surface area contributed by atoms with Gasteiger partial charge in [0.25, 0.3) is 0 Å². The van der Waals surface area contributed by atoms with Crippen LogP contribution in [0.5, 0.6) is 0 Å². The van der Waals surface area contributed by atoms with Gasteiger partial charge in [-0.2, -0.15) is 0 Å². The Morgan fingerprint density at radius 1 is 1.07 bits per heavy atom. The Kier molecular flexibility index (Phi) is 5.95. The maximum atomic E-state index is 12.7. The fraction of sp³-hybridized carbons (Fsp3) is 0.375. The standard InChI is InChI=1S/C24H28N4OS/c1-4-30-22-21(19-10-8-17(2)9-11-19)26-24(27-22)12-14-28(15-13-24)23(29)25-20-7-5-6-18(3)16-20/h5-11,16H,4,12-15H2,1-3H3,(H,25,29). The number of hydrogen-bond acceptors (Lipinski definition) is 4. The summed E-state index contributed by atoms with van der Waals surface area (Å²) in [5.41, 5.74) is 4.89. The van der Waals surface area contributed by atoms with Crippen molar-refractivity contribution < 1.29 is 4.79 Å². The number of nitrogens with zero attached hydrogens (tertiary/aromatic N) is 3. The minimum absolute atomic E-state index is 0.0525. The summed E-state index contributed by atoms with van der Waals surface area (Å²) in [7, 11) is 0. The van der Waals surface area contributed by atoms with Crippen LogP contribution in [0.4, 0.5) is 10.5 Å². The lowest BCUT2D eigenvalue weighted by molar-refractivity contribution is 0.175. The topological polar surface area (TPSA) is 57.1 Å². The number of aryl methyl sites for hydroxylation is 2. The van der Waals surface area contributed by atoms with Gasteiger partial charge >= 0.3 is 6.03 Å². The number of nitrogens with one attached hydrogen (secondary N) is 1. The molecule has 1 saturated heterocycles. The van der Waals surface area contributed by atoms with E-state index in [9.17, 15) is 4.79 Å². The summed E-state index contributed by atoms with van der Waals surface area (Å²) in [6, 6.07) is 16.3. The third-order valence-electron chi connectivity index (χ3n) is 5.56. The Balaban J connectivity index is 1.47. The molecule has 0 bridgehead atoms. The third-order valence-corrected chi connectivity index (χ3v) is 6.41. The SMILES string of the molecule is CCSC1=NC2(CCN(C(=O)Nc3cccc(C)c3)CC2)N=C1c1ccc(C)cc1. The Bertz CT molecular complexity index is 989. The quantitative estimate of drug-likeness (QED) is 0.734. The number of likely N-dealkylation sites (tertiary alicyclic amines) is 1. The molecule has 0 saturated carbocycles. The lowest BCUT2D eigenvalue weighted by Gasteiger charge is -2.35. The van der Waals surface area contributed by atoms with Crippen molar-refractivity contribution in [2.24, 2.45) is 9.98 Å². The molecule has 4 rings (SSSR count). The van der Waals surface area contributed by atoms with Gasteiger partial charge in [-0.3, -0.25) is 4.99 Å². The van der Waals surface area contributed by atoms with E-state index in [1.807, 2.05) is 36.1 Å². The third kappa shape index (κ3) is 4.43. The molecular formula is C24H28N4OS. The highest BCUT2D eigenvalue weighted by atomic mass is 32.2. The van der Waals surface area contributed by atoms with Crippen LogP contribution in [0.2, 0.25) is 0 Å². The van der Waals surface area contributed by atoms with Gasteiger partial charge in [0.05, 0.1) is 5.71 Å². The van der Waals surface area contributed by atoms with Crippen LogP contribution >= 0.6 is 11.8 Å². The molecule has 0 aromatic heterocycles. The normalized spacial score (nSPS) is 17.6. The van der Waals surface area contributed by atoms with E-state index in [1.54, 1.807) is 11.8 Å². The number of urea groups is 1. The maximum absolute atomic E-state index is 12.7. The Morgan fingerprint density at radius 2 is 1.80 bits per heavy atom. The van der Waals surface area contributed by atoms with Crippen LogP contribution in [-0.4, -0.2) is 46.2 Å². The molecule has 1 spiro atoms. The zero-order chi connectivity index (χ0) is 21.1. The van der Waals surface area contributed by atoms with Crippen LogP contribution in [0.1, 0.15) is 36.5 Å². The molecule has 0 atom stereocenters. The van der Waals surface area contributed by atoms with Crippen molar-refractivity contribution in [2.75, 3.05) is 24.2 Å². The van der Waals surface area contributed by atoms with E-state index in [0.29, 0.717) is 13.1 Å². The van der Waals surface area contributed by atoms with Gasteiger partial charge in [-0.15, -0.1) is 11.8 Å². The number of rotatable bonds is 3. The molecule has 2 aromatic carbocycles. The maximum Gasteiger partial charge on any atom is 0.321 e. The molecule has 2 aromatic rings. The molecule has 0 unspecified atom stereocenters. The number of piperidine rings is 1. The van der Waals surface area contributed by atoms with Gasteiger partial charge in [-0.1, -0.05) is 48.9 Å². The molecule has 0 aliphatic carbocycles. The Hall–Kier alpha value is -2.60. The van der Waals surface area contributed by atoms with Crippen LogP contribution in [-0.2, 0) is 0 Å². The molecule has 2 aliphatic heterocycles. The number of aliphatic imine (C=N–C) groups is 2. The fourth-order valence-electron chi connectivity index (χ4n) is 3.88. The fourth-order valence-corrected chi connectivity index (χ4v) is 4.68. The smallest absolute Gasteiger partial charge is 0.321 e. The molecule has 1 fully saturated rings. The minimum atomic E-state index is -0.433. The highest BCUT2D eigenvalue weighted by Crippen LogP contribution is 2.35. The van der Waals surface area contributed by atoms with E-state index >= 15 is 0 Å². The molecule has 2 heterocycles. The number of anilines is 1. The second-order valence-electron chi connectivity index (χ2n) is 7.95. The average Bonchev–Trinajstić information content (AvgIpc) is 3.07. The molecule has 1 N–H and O–H groups in total. The van der Waals surface area contributed by atoms with Crippen molar-refractivity contribution in [1.82, 2.24) is 4.90 Å². The van der Waals surface area contributed by atoms with Gasteiger partial charge in [0.15, 0.2) is 5.66 Å². The summed E-state index contributed by atoms with van der Waals surface area (Å²) >= 11 is 1.75. The average molecular weight is 421 g/mol. The van der Waals surface area contributed by atoms with E-state index in [-0.39, 0.29) is 6.03 Å². The Morgan fingerprint density at radius 3 is 2.47 bits per heavy atom. The monoisotopic (exact) mass is 420 g/mol. The summed E-state index contributed by atoms with van der Waals surface area (Å²) in [4.78, 5) is 24.7. The van der Waals surface area contributed by atoms with Crippen molar-refractivity contribution in [3.63, 3.8) is 0 Å². The van der Waals surface area contributed by atoms with E-state index in [1.165, 1.54) is 5.56 Å². The molecule has 2 amide bonds. The molecule has 30 heavy (non-hydrogen) atoms. The first kappa shape index (κ1) is 20.7. The molecule has 2 aliphatic rings. The Labute approximate surface area is 182 Å². The number of amides is 2. The highest BCUT2D eigenvalue weighted by Gasteiger charge is 2.40. The van der Waals surface area contributed by atoms with Gasteiger partial charge in [-0.25, -0.2) is 9.79 Å². The summed E-state index contributed by atoms with van der Waals surface area (Å²) in [6.07, 6.45) is 1.49. The van der Waals surface area contributed by atoms with Crippen LogP contribution < -0.4 is 5.32 Å². The lowest BCUT2D eigenvalue weighted by Crippen LogP contribution is -2.46. The summed E-state index contributed by atoms with van der Waals surface area (Å²) in [5.74, 6) is 0.963. The van der Waals surface area contributed by atoms with E-state index in [0.717, 1.165) is 46.2 Å². The molecule has 6 heteroatoms. The first-order valence-electron chi connectivity index (χ1n) is 10.5. The van der Waals surface area contributed by atoms with Gasteiger partial charge in [0.2, 0.25) is 0 Å². The van der Waals surface area contributed by atoms with E-state index in [2.05, 4.69) is 43.4 Å². The molecule has 0 radical (unpaired) electrons. The number of thioether (sulfide) groups is 1. The second kappa shape index (κ2) is 8.64. The van der Waals surface area contributed by atoms with Crippen molar-refractivity contribution >= 4 is 34.2 Å². The van der Waals surface area contributed by atoms with E-state index in [4.69, 9.17) is 9.98 Å².